The van der Waals surface area contributed by atoms with Crippen LogP contribution in [0.5, 0.6) is 0 Å². The van der Waals surface area contributed by atoms with Gasteiger partial charge in [0.15, 0.2) is 0 Å². The fourth-order valence-corrected chi connectivity index (χ4v) is 1.72. The van der Waals surface area contributed by atoms with Crippen molar-refractivity contribution in [3.05, 3.63) is 0 Å². The summed E-state index contributed by atoms with van der Waals surface area (Å²) in [5.74, 6) is -0.854. The Kier molecular flexibility index (Phi) is 3.96. The molecule has 0 aromatic rings. The minimum Gasteiger partial charge on any atom is -0.347 e. The van der Waals surface area contributed by atoms with E-state index in [0.29, 0.717) is 6.42 Å². The standard InChI is InChI=1S/C9H15F3N2O/c1-6-7(3-2-4-13-6)8(15)14-5-9(10,11)12/h6-7,13H,2-5H2,1H3,(H,14,15). The lowest BCUT2D eigenvalue weighted by molar-refractivity contribution is -0.141. The van der Waals surface area contributed by atoms with Crippen LogP contribution in [0.4, 0.5) is 13.2 Å². The molecule has 0 aromatic heterocycles. The van der Waals surface area contributed by atoms with Crippen LogP contribution in [0.1, 0.15) is 19.8 Å². The molecular formula is C9H15F3N2O. The molecule has 6 heteroatoms. The van der Waals surface area contributed by atoms with Gasteiger partial charge in [0.05, 0.1) is 5.92 Å². The molecule has 88 valence electrons. The van der Waals surface area contributed by atoms with Gasteiger partial charge < -0.3 is 10.6 Å². The van der Waals surface area contributed by atoms with Crippen LogP contribution in [-0.4, -0.2) is 31.2 Å². The van der Waals surface area contributed by atoms with Gasteiger partial charge in [0.1, 0.15) is 6.54 Å². The third-order valence-corrected chi connectivity index (χ3v) is 2.56. The van der Waals surface area contributed by atoms with Crippen molar-refractivity contribution in [1.82, 2.24) is 10.6 Å². The van der Waals surface area contributed by atoms with Crippen molar-refractivity contribution in [2.24, 2.45) is 5.92 Å². The van der Waals surface area contributed by atoms with E-state index in [1.807, 2.05) is 12.2 Å². The minimum atomic E-state index is -4.33. The number of hydrogen-bond acceptors (Lipinski definition) is 2. The van der Waals surface area contributed by atoms with Crippen LogP contribution in [0, 0.1) is 5.92 Å². The fourth-order valence-electron chi connectivity index (χ4n) is 1.72. The van der Waals surface area contributed by atoms with Crippen LogP contribution < -0.4 is 10.6 Å². The Morgan fingerprint density at radius 3 is 2.73 bits per heavy atom. The number of piperidine rings is 1. The van der Waals surface area contributed by atoms with E-state index in [1.165, 1.54) is 0 Å². The number of alkyl halides is 3. The third-order valence-electron chi connectivity index (χ3n) is 2.56. The van der Waals surface area contributed by atoms with Crippen LogP contribution >= 0.6 is 0 Å². The molecule has 3 nitrogen and oxygen atoms in total. The van der Waals surface area contributed by atoms with E-state index in [0.717, 1.165) is 13.0 Å². The van der Waals surface area contributed by atoms with Crippen molar-refractivity contribution in [3.8, 4) is 0 Å². The molecule has 0 saturated carbocycles. The van der Waals surface area contributed by atoms with Gasteiger partial charge in [-0.25, -0.2) is 0 Å². The lowest BCUT2D eigenvalue weighted by Crippen LogP contribution is -2.48. The molecule has 15 heavy (non-hydrogen) atoms. The zero-order chi connectivity index (χ0) is 11.5. The average molecular weight is 224 g/mol. The Bertz CT molecular complexity index is 230. The molecule has 1 amide bonds. The second kappa shape index (κ2) is 4.83. The van der Waals surface area contributed by atoms with E-state index >= 15 is 0 Å². The maximum absolute atomic E-state index is 11.8. The summed E-state index contributed by atoms with van der Waals surface area (Å²) in [7, 11) is 0. The summed E-state index contributed by atoms with van der Waals surface area (Å²) in [6.07, 6.45) is -2.85. The van der Waals surface area contributed by atoms with Crippen molar-refractivity contribution >= 4 is 5.91 Å². The number of carbonyl (C=O) groups is 1. The van der Waals surface area contributed by atoms with Crippen molar-refractivity contribution in [2.75, 3.05) is 13.1 Å². The number of amides is 1. The molecule has 1 heterocycles. The Morgan fingerprint density at radius 2 is 2.20 bits per heavy atom. The zero-order valence-corrected chi connectivity index (χ0v) is 8.53. The number of hydrogen-bond donors (Lipinski definition) is 2. The third kappa shape index (κ3) is 4.07. The Hall–Kier alpha value is -0.780. The highest BCUT2D eigenvalue weighted by atomic mass is 19.4. The summed E-state index contributed by atoms with van der Waals surface area (Å²) >= 11 is 0. The first-order chi connectivity index (χ1) is 6.90. The maximum atomic E-state index is 11.8. The van der Waals surface area contributed by atoms with E-state index in [-0.39, 0.29) is 12.0 Å². The monoisotopic (exact) mass is 224 g/mol. The van der Waals surface area contributed by atoms with Crippen LogP contribution in [-0.2, 0) is 4.79 Å². The van der Waals surface area contributed by atoms with Gasteiger partial charge in [0.25, 0.3) is 0 Å². The van der Waals surface area contributed by atoms with Crippen molar-refractivity contribution in [3.63, 3.8) is 0 Å². The Balaban J connectivity index is 2.39. The van der Waals surface area contributed by atoms with Crippen LogP contribution in [0.15, 0.2) is 0 Å². The smallest absolute Gasteiger partial charge is 0.347 e. The van der Waals surface area contributed by atoms with Gasteiger partial charge in [-0.3, -0.25) is 4.79 Å². The highest BCUT2D eigenvalue weighted by Crippen LogP contribution is 2.17. The SMILES string of the molecule is CC1NCCCC1C(=O)NCC(F)(F)F. The van der Waals surface area contributed by atoms with Gasteiger partial charge in [-0.15, -0.1) is 0 Å². The second-order valence-electron chi connectivity index (χ2n) is 3.82. The summed E-state index contributed by atoms with van der Waals surface area (Å²) in [6.45, 7) is 1.40. The van der Waals surface area contributed by atoms with E-state index in [1.54, 1.807) is 0 Å². The summed E-state index contributed by atoms with van der Waals surface area (Å²) in [5.41, 5.74) is 0. The fraction of sp³-hybridized carbons (Fsp3) is 0.889. The van der Waals surface area contributed by atoms with E-state index in [2.05, 4.69) is 5.32 Å². The van der Waals surface area contributed by atoms with Crippen LogP contribution in [0.2, 0.25) is 0 Å². The van der Waals surface area contributed by atoms with Gasteiger partial charge in [-0.05, 0) is 26.3 Å². The molecule has 1 aliphatic rings. The summed E-state index contributed by atoms with van der Waals surface area (Å²) in [6, 6.07) is -0.0491. The quantitative estimate of drug-likeness (QED) is 0.736. The van der Waals surface area contributed by atoms with Gasteiger partial charge in [0.2, 0.25) is 5.91 Å². The normalized spacial score (nSPS) is 27.5. The van der Waals surface area contributed by atoms with Crippen LogP contribution in [0.25, 0.3) is 0 Å². The highest BCUT2D eigenvalue weighted by molar-refractivity contribution is 5.79. The first kappa shape index (κ1) is 12.3. The molecule has 0 bridgehead atoms. The number of halogens is 3. The van der Waals surface area contributed by atoms with Crippen LogP contribution in [0.3, 0.4) is 0 Å². The Morgan fingerprint density at radius 1 is 1.53 bits per heavy atom. The molecule has 0 aromatic carbocycles. The number of rotatable bonds is 2. The van der Waals surface area contributed by atoms with E-state index in [9.17, 15) is 18.0 Å². The molecule has 0 radical (unpaired) electrons. The molecule has 1 rings (SSSR count). The predicted octanol–water partition coefficient (Wildman–Crippen LogP) is 1.05. The topological polar surface area (TPSA) is 41.1 Å². The summed E-state index contributed by atoms with van der Waals surface area (Å²) in [4.78, 5) is 11.4. The van der Waals surface area contributed by atoms with E-state index < -0.39 is 18.6 Å². The van der Waals surface area contributed by atoms with Gasteiger partial charge >= 0.3 is 6.18 Å². The number of nitrogens with one attached hydrogen (secondary N) is 2. The molecule has 2 N–H and O–H groups in total. The largest absolute Gasteiger partial charge is 0.405 e. The maximum Gasteiger partial charge on any atom is 0.405 e. The average Bonchev–Trinajstić information content (AvgIpc) is 2.14. The zero-order valence-electron chi connectivity index (χ0n) is 8.53. The van der Waals surface area contributed by atoms with Gasteiger partial charge in [-0.2, -0.15) is 13.2 Å². The molecule has 2 unspecified atom stereocenters. The predicted molar refractivity (Wildman–Crippen MR) is 49.3 cm³/mol. The van der Waals surface area contributed by atoms with E-state index in [4.69, 9.17) is 0 Å². The van der Waals surface area contributed by atoms with Gasteiger partial charge in [0, 0.05) is 6.04 Å². The minimum absolute atomic E-state index is 0.0491. The Labute approximate surface area is 86.4 Å². The lowest BCUT2D eigenvalue weighted by Gasteiger charge is -2.28. The first-order valence-corrected chi connectivity index (χ1v) is 4.98. The molecule has 1 saturated heterocycles. The summed E-state index contributed by atoms with van der Waals surface area (Å²) in [5, 5.41) is 4.99. The lowest BCUT2D eigenvalue weighted by atomic mass is 9.91. The molecule has 0 aliphatic carbocycles. The first-order valence-electron chi connectivity index (χ1n) is 4.98. The second-order valence-corrected chi connectivity index (χ2v) is 3.82. The van der Waals surface area contributed by atoms with Gasteiger partial charge in [-0.1, -0.05) is 0 Å². The highest BCUT2D eigenvalue weighted by Gasteiger charge is 2.32. The number of carbonyl (C=O) groups excluding carboxylic acids is 1. The molecule has 0 spiro atoms. The molecule has 2 atom stereocenters. The molecular weight excluding hydrogens is 209 g/mol. The molecule has 1 aliphatic heterocycles. The van der Waals surface area contributed by atoms with Crippen molar-refractivity contribution in [1.29, 1.82) is 0 Å². The molecule has 1 fully saturated rings. The van der Waals surface area contributed by atoms with Crippen molar-refractivity contribution in [2.45, 2.75) is 32.0 Å². The van der Waals surface area contributed by atoms with Crippen molar-refractivity contribution < 1.29 is 18.0 Å². The summed E-state index contributed by atoms with van der Waals surface area (Å²) < 4.78 is 35.5.